The lowest BCUT2D eigenvalue weighted by Crippen LogP contribution is -2.20. The minimum Gasteiger partial charge on any atom is -0.486 e. The number of hydrogen-bond acceptors (Lipinski definition) is 3. The van der Waals surface area contributed by atoms with E-state index in [1.165, 1.54) is 0 Å². The van der Waals surface area contributed by atoms with Gasteiger partial charge in [-0.05, 0) is 31.4 Å². The molecule has 0 spiro atoms. The van der Waals surface area contributed by atoms with E-state index in [1.54, 1.807) is 0 Å². The average molecular weight is 242 g/mol. The Bertz CT molecular complexity index is 404. The molecule has 0 fully saturated rings. The fraction of sp³-hybridized carbons (Fsp3) is 0.500. The highest BCUT2D eigenvalue weighted by atomic mass is 35.5. The van der Waals surface area contributed by atoms with E-state index in [1.807, 2.05) is 19.9 Å². The Kier molecular flexibility index (Phi) is 3.26. The molecule has 16 heavy (non-hydrogen) atoms. The maximum atomic E-state index is 6.22. The fourth-order valence-electron chi connectivity index (χ4n) is 1.92. The van der Waals surface area contributed by atoms with Gasteiger partial charge in [-0.1, -0.05) is 11.6 Å². The largest absolute Gasteiger partial charge is 0.486 e. The van der Waals surface area contributed by atoms with Crippen molar-refractivity contribution in [3.63, 3.8) is 0 Å². The Hall–Kier alpha value is -0.930. The molecule has 2 N–H and O–H groups in total. The zero-order valence-electron chi connectivity index (χ0n) is 9.55. The monoisotopic (exact) mass is 241 g/mol. The summed E-state index contributed by atoms with van der Waals surface area (Å²) in [6, 6.07) is 1.90. The van der Waals surface area contributed by atoms with Crippen LogP contribution in [0.5, 0.6) is 11.5 Å². The zero-order valence-corrected chi connectivity index (χ0v) is 10.3. The molecule has 1 unspecified atom stereocenters. The molecule has 0 radical (unpaired) electrons. The summed E-state index contributed by atoms with van der Waals surface area (Å²) in [6.07, 6.45) is 0.751. The lowest BCUT2D eigenvalue weighted by Gasteiger charge is -2.23. The minimum atomic E-state index is 0.0822. The van der Waals surface area contributed by atoms with E-state index in [4.69, 9.17) is 26.8 Å². The van der Waals surface area contributed by atoms with Crippen LogP contribution in [0.1, 0.15) is 18.1 Å². The molecule has 1 aromatic rings. The van der Waals surface area contributed by atoms with Gasteiger partial charge in [0, 0.05) is 17.1 Å². The number of fused-ring (bicyclic) bond motifs is 1. The highest BCUT2D eigenvalue weighted by Crippen LogP contribution is 2.39. The van der Waals surface area contributed by atoms with Gasteiger partial charge in [0.15, 0.2) is 11.5 Å². The molecule has 4 heteroatoms. The number of rotatable bonds is 2. The summed E-state index contributed by atoms with van der Waals surface area (Å²) in [4.78, 5) is 0. The zero-order chi connectivity index (χ0) is 11.7. The summed E-state index contributed by atoms with van der Waals surface area (Å²) in [5, 5.41) is 0.707. The molecule has 0 saturated carbocycles. The van der Waals surface area contributed by atoms with Crippen LogP contribution in [0.3, 0.4) is 0 Å². The van der Waals surface area contributed by atoms with Crippen molar-refractivity contribution in [2.24, 2.45) is 5.73 Å². The van der Waals surface area contributed by atoms with E-state index in [-0.39, 0.29) is 6.04 Å². The molecule has 0 amide bonds. The number of hydrogen-bond donors (Lipinski definition) is 1. The van der Waals surface area contributed by atoms with Crippen molar-refractivity contribution in [3.05, 3.63) is 22.2 Å². The van der Waals surface area contributed by atoms with Gasteiger partial charge in [-0.25, -0.2) is 0 Å². The number of halogens is 1. The summed E-state index contributed by atoms with van der Waals surface area (Å²) in [6.45, 7) is 5.13. The van der Waals surface area contributed by atoms with Crippen LogP contribution in [0, 0.1) is 6.92 Å². The SMILES string of the molecule is Cc1c(CC(C)N)c(Cl)cc2c1OCCO2. The van der Waals surface area contributed by atoms with E-state index in [0.717, 1.165) is 29.0 Å². The topological polar surface area (TPSA) is 44.5 Å². The van der Waals surface area contributed by atoms with Gasteiger partial charge in [-0.15, -0.1) is 0 Å². The number of ether oxygens (including phenoxy) is 2. The summed E-state index contributed by atoms with van der Waals surface area (Å²) in [5.74, 6) is 1.55. The molecule has 0 saturated heterocycles. The Morgan fingerprint density at radius 2 is 2.12 bits per heavy atom. The van der Waals surface area contributed by atoms with Crippen molar-refractivity contribution in [2.75, 3.05) is 13.2 Å². The third-order valence-electron chi connectivity index (χ3n) is 2.68. The standard InChI is InChI=1S/C12H16ClNO2/c1-7(14)5-9-8(2)12-11(6-10(9)13)15-3-4-16-12/h6-7H,3-5,14H2,1-2H3. The normalized spacial score (nSPS) is 16.0. The van der Waals surface area contributed by atoms with Crippen LogP contribution in [-0.4, -0.2) is 19.3 Å². The minimum absolute atomic E-state index is 0.0822. The van der Waals surface area contributed by atoms with Crippen LogP contribution in [-0.2, 0) is 6.42 Å². The van der Waals surface area contributed by atoms with Crippen LogP contribution in [0.2, 0.25) is 5.02 Å². The first-order valence-electron chi connectivity index (χ1n) is 5.42. The van der Waals surface area contributed by atoms with Gasteiger partial charge in [0.1, 0.15) is 13.2 Å². The van der Waals surface area contributed by atoms with Crippen molar-refractivity contribution in [2.45, 2.75) is 26.3 Å². The van der Waals surface area contributed by atoms with Crippen molar-refractivity contribution in [1.82, 2.24) is 0 Å². The molecular weight excluding hydrogens is 226 g/mol. The summed E-state index contributed by atoms with van der Waals surface area (Å²) in [5.41, 5.74) is 7.91. The Labute approximate surface area is 100 Å². The second-order valence-electron chi connectivity index (χ2n) is 4.17. The molecule has 1 aromatic carbocycles. The second-order valence-corrected chi connectivity index (χ2v) is 4.57. The van der Waals surface area contributed by atoms with Gasteiger partial charge >= 0.3 is 0 Å². The fourth-order valence-corrected chi connectivity index (χ4v) is 2.24. The van der Waals surface area contributed by atoms with Crippen LogP contribution >= 0.6 is 11.6 Å². The molecular formula is C12H16ClNO2. The molecule has 3 nitrogen and oxygen atoms in total. The summed E-state index contributed by atoms with van der Waals surface area (Å²) >= 11 is 6.22. The summed E-state index contributed by atoms with van der Waals surface area (Å²) < 4.78 is 11.1. The maximum absolute atomic E-state index is 6.22. The highest BCUT2D eigenvalue weighted by molar-refractivity contribution is 6.31. The molecule has 88 valence electrons. The van der Waals surface area contributed by atoms with Gasteiger partial charge in [-0.2, -0.15) is 0 Å². The quantitative estimate of drug-likeness (QED) is 0.864. The molecule has 2 rings (SSSR count). The Morgan fingerprint density at radius 3 is 2.81 bits per heavy atom. The van der Waals surface area contributed by atoms with E-state index in [9.17, 15) is 0 Å². The summed E-state index contributed by atoms with van der Waals surface area (Å²) in [7, 11) is 0. The second kappa shape index (κ2) is 4.52. The van der Waals surface area contributed by atoms with Crippen LogP contribution in [0.4, 0.5) is 0 Å². The lowest BCUT2D eigenvalue weighted by molar-refractivity contribution is 0.170. The van der Waals surface area contributed by atoms with Gasteiger partial charge in [0.2, 0.25) is 0 Å². The molecule has 1 aliphatic heterocycles. The number of benzene rings is 1. The smallest absolute Gasteiger partial charge is 0.164 e. The predicted molar refractivity (Wildman–Crippen MR) is 64.5 cm³/mol. The molecule has 0 bridgehead atoms. The van der Waals surface area contributed by atoms with Crippen LogP contribution in [0.15, 0.2) is 6.07 Å². The Balaban J connectivity index is 2.45. The van der Waals surface area contributed by atoms with Gasteiger partial charge in [0.25, 0.3) is 0 Å². The van der Waals surface area contributed by atoms with E-state index in [0.29, 0.717) is 18.2 Å². The third kappa shape index (κ3) is 2.11. The Morgan fingerprint density at radius 1 is 1.44 bits per heavy atom. The van der Waals surface area contributed by atoms with Crippen molar-refractivity contribution in [3.8, 4) is 11.5 Å². The van der Waals surface area contributed by atoms with Crippen molar-refractivity contribution in [1.29, 1.82) is 0 Å². The van der Waals surface area contributed by atoms with Gasteiger partial charge < -0.3 is 15.2 Å². The lowest BCUT2D eigenvalue weighted by atomic mass is 10.0. The molecule has 0 aliphatic carbocycles. The van der Waals surface area contributed by atoms with E-state index < -0.39 is 0 Å². The van der Waals surface area contributed by atoms with E-state index >= 15 is 0 Å². The third-order valence-corrected chi connectivity index (χ3v) is 3.01. The first kappa shape index (κ1) is 11.6. The van der Waals surface area contributed by atoms with Crippen molar-refractivity contribution < 1.29 is 9.47 Å². The molecule has 1 heterocycles. The number of nitrogens with two attached hydrogens (primary N) is 1. The maximum Gasteiger partial charge on any atom is 0.164 e. The van der Waals surface area contributed by atoms with Gasteiger partial charge in [-0.3, -0.25) is 0 Å². The van der Waals surface area contributed by atoms with Gasteiger partial charge in [0.05, 0.1) is 0 Å². The van der Waals surface area contributed by atoms with Crippen molar-refractivity contribution >= 4 is 11.6 Å². The predicted octanol–water partition coefficient (Wildman–Crippen LogP) is 2.31. The average Bonchev–Trinajstić information content (AvgIpc) is 2.24. The van der Waals surface area contributed by atoms with Crippen LogP contribution in [0.25, 0.3) is 0 Å². The van der Waals surface area contributed by atoms with Crippen LogP contribution < -0.4 is 15.2 Å². The molecule has 1 aliphatic rings. The first-order valence-corrected chi connectivity index (χ1v) is 5.80. The highest BCUT2D eigenvalue weighted by Gasteiger charge is 2.20. The molecule has 1 atom stereocenters. The molecule has 0 aromatic heterocycles. The van der Waals surface area contributed by atoms with E-state index in [2.05, 4.69) is 0 Å². The first-order chi connectivity index (χ1) is 7.59.